The molecule has 0 unspecified atom stereocenters. The number of amides is 1. The SMILES string of the molecule is CCc1cc2ncc(CN3CCN(C(=O)C4CCC(COc5cc(F)c([C@@H]6C7=C(C[C@@H](C)N6CC(C)(C)F)c6ccccc6C7)c(F)c5)CC4)CC3)cc2[nH]c1=O.CCc1cc2ncc(CN3CCNCC3)cc2[nH]c1=O.C[C@@H]1CC2=C(Cc3ccccc32)[C@@H](c2c(F)cc(OCC3CCC(C(=O)O)CC3)cc2F)N1CC(C)(C)F. The van der Waals surface area contributed by atoms with E-state index in [0.717, 1.165) is 167 Å². The molecule has 16 rings (SSSR count). The maximum atomic E-state index is 16.2. The Bertz CT molecular complexity index is 5010. The smallest absolute Gasteiger partial charge is 0.306 e. The van der Waals surface area contributed by atoms with Crippen LogP contribution >= 0.6 is 0 Å². The van der Waals surface area contributed by atoms with Crippen LogP contribution in [0.3, 0.4) is 0 Å². The van der Waals surface area contributed by atoms with E-state index in [2.05, 4.69) is 53.3 Å². The van der Waals surface area contributed by atoms with Gasteiger partial charge in [-0.3, -0.25) is 48.7 Å². The molecule has 0 spiro atoms. The lowest BCUT2D eigenvalue weighted by atomic mass is 9.81. The zero-order valence-corrected chi connectivity index (χ0v) is 67.6. The van der Waals surface area contributed by atoms with E-state index in [9.17, 15) is 28.7 Å². The predicted molar refractivity (Wildman–Crippen MR) is 437 cm³/mol. The maximum Gasteiger partial charge on any atom is 0.306 e. The molecule has 4 aromatic heterocycles. The Hall–Kier alpha value is -9.00. The highest BCUT2D eigenvalue weighted by Crippen LogP contribution is 2.53. The largest absolute Gasteiger partial charge is 0.493 e. The minimum absolute atomic E-state index is 0.00104. The van der Waals surface area contributed by atoms with Crippen molar-refractivity contribution in [3.63, 3.8) is 0 Å². The topological polar surface area (TPSA) is 193 Å². The number of benzene rings is 4. The van der Waals surface area contributed by atoms with Crippen molar-refractivity contribution in [3.05, 3.63) is 220 Å². The van der Waals surface area contributed by atoms with Gasteiger partial charge in [-0.25, -0.2) is 26.3 Å². The average molecular weight is 1580 g/mol. The van der Waals surface area contributed by atoms with Crippen LogP contribution in [0.15, 0.2) is 130 Å². The first kappa shape index (κ1) is 82.5. The number of aromatic amines is 2. The number of carboxylic acids is 1. The molecule has 4 fully saturated rings. The van der Waals surface area contributed by atoms with E-state index >= 15 is 22.0 Å². The highest BCUT2D eigenvalue weighted by atomic mass is 19.2. The number of pyridine rings is 4. The number of hydrogen-bond acceptors (Lipinski definition) is 13. The van der Waals surface area contributed by atoms with Crippen molar-refractivity contribution in [2.75, 3.05) is 78.7 Å². The zero-order valence-electron chi connectivity index (χ0n) is 67.6. The van der Waals surface area contributed by atoms with Crippen LogP contribution in [0.25, 0.3) is 33.2 Å². The maximum absolute atomic E-state index is 16.2. The summed E-state index contributed by atoms with van der Waals surface area (Å²) in [7, 11) is 0. The van der Waals surface area contributed by atoms with Gasteiger partial charge in [-0.05, 0) is 223 Å². The fraction of sp³-hybridized carbons (Fsp3) is 0.500. The lowest BCUT2D eigenvalue weighted by Crippen LogP contribution is -2.50. The van der Waals surface area contributed by atoms with Gasteiger partial charge in [0.2, 0.25) is 5.91 Å². The molecule has 0 bridgehead atoms. The van der Waals surface area contributed by atoms with Crippen molar-refractivity contribution in [1.82, 2.24) is 49.8 Å². The van der Waals surface area contributed by atoms with Gasteiger partial charge >= 0.3 is 5.97 Å². The molecule has 2 saturated heterocycles. The van der Waals surface area contributed by atoms with E-state index in [1.807, 2.05) is 109 Å². The second kappa shape index (κ2) is 35.4. The van der Waals surface area contributed by atoms with Crippen LogP contribution in [0.4, 0.5) is 26.3 Å². The molecule has 8 heterocycles. The van der Waals surface area contributed by atoms with E-state index in [-0.39, 0.29) is 95.1 Å². The molecule has 0 radical (unpaired) electrons. The number of aliphatic carboxylic acids is 1. The molecule has 4 aliphatic heterocycles. The first-order valence-electron chi connectivity index (χ1n) is 41.5. The lowest BCUT2D eigenvalue weighted by Gasteiger charge is -2.44. The number of halogens is 6. The first-order chi connectivity index (χ1) is 55.1. The summed E-state index contributed by atoms with van der Waals surface area (Å²) >= 11 is 0. The molecule has 17 nitrogen and oxygen atoms in total. The Kier molecular flexibility index (Phi) is 25.4. The summed E-state index contributed by atoms with van der Waals surface area (Å²) in [5.74, 6) is -3.07. The van der Waals surface area contributed by atoms with Gasteiger partial charge in [-0.1, -0.05) is 62.4 Å². The van der Waals surface area contributed by atoms with Crippen molar-refractivity contribution in [3.8, 4) is 11.5 Å². The number of carbonyl (C=O) groups is 2. The van der Waals surface area contributed by atoms with Gasteiger partial charge in [0.25, 0.3) is 11.1 Å². The number of piperazine rings is 2. The van der Waals surface area contributed by atoms with Crippen LogP contribution < -0.4 is 25.9 Å². The van der Waals surface area contributed by atoms with Gasteiger partial charge in [0.1, 0.15) is 46.1 Å². The van der Waals surface area contributed by atoms with Crippen molar-refractivity contribution < 1.29 is 50.5 Å². The highest BCUT2D eigenvalue weighted by molar-refractivity contribution is 5.81. The van der Waals surface area contributed by atoms with Crippen molar-refractivity contribution >= 4 is 45.1 Å². The first-order valence-corrected chi connectivity index (χ1v) is 41.5. The molecule has 8 aromatic rings. The molecule has 2 saturated carbocycles. The van der Waals surface area contributed by atoms with Crippen LogP contribution in [0, 0.1) is 46.9 Å². The van der Waals surface area contributed by atoms with Gasteiger partial charge in [0.05, 0.1) is 53.3 Å². The molecule has 8 aliphatic rings. The number of hydrogen-bond donors (Lipinski definition) is 4. The molecule has 612 valence electrons. The van der Waals surface area contributed by atoms with Crippen molar-refractivity contribution in [2.45, 2.75) is 194 Å². The minimum Gasteiger partial charge on any atom is -0.493 e. The molecule has 23 heteroatoms. The standard InChI is InChI=1S/C46H54F3N5O3.C31H36F3NO3.C15H20N4O/c1-5-31-21-40-41(51-44(31)55)19-30(24-50-40)25-52-14-16-53(17-15-52)45(56)32-12-10-29(11-13-32)26-57-34-22-38(47)42(39(48)23-34)43-37-20-33-8-6-7-9-35(33)36(37)18-28(2)54(43)27-46(3,4)49;1-18-12-24-23-7-5-4-6-21(23)13-25(24)29(35(18)17-31(2,3)34)28-26(32)14-22(15-27(28)33)38-16-19-8-10-20(11-9-19)30(36)37;1-2-12-8-13-14(18-15(12)20)7-11(9-17-13)10-19-5-3-16-4-6-19/h6-9,19,21-24,28-29,32,43H,5,10-18,20,25-27H2,1-4H3,(H,51,55);4-7,14-15,18-20,29H,8-13,16-17H2,1-3H3,(H,36,37);7-9,16H,2-6,10H2,1H3,(H,18,20)/t28-,29?,32?,43+;18-,19?,20?,29+;/m11./s1. The fourth-order valence-corrected chi connectivity index (χ4v) is 18.9. The number of alkyl halides is 2. The average Bonchev–Trinajstić information content (AvgIpc) is 1.63. The number of carboxylic acid groups (broad SMARTS) is 1. The number of fused-ring (bicyclic) bond motifs is 6. The summed E-state index contributed by atoms with van der Waals surface area (Å²) in [6.07, 6.45) is 13.5. The van der Waals surface area contributed by atoms with E-state index < -0.39 is 52.7 Å². The second-order valence-electron chi connectivity index (χ2n) is 34.5. The monoisotopic (exact) mass is 1580 g/mol. The quantitative estimate of drug-likeness (QED) is 0.0527. The number of rotatable bonds is 20. The molecule has 4 aromatic carbocycles. The second-order valence-corrected chi connectivity index (χ2v) is 34.5. The van der Waals surface area contributed by atoms with E-state index in [4.69, 9.17) is 9.47 Å². The Balaban J connectivity index is 0.000000160. The van der Waals surface area contributed by atoms with E-state index in [0.29, 0.717) is 84.0 Å². The summed E-state index contributed by atoms with van der Waals surface area (Å²) in [6.45, 7) is 23.3. The number of nitrogens with one attached hydrogen (secondary N) is 3. The summed E-state index contributed by atoms with van der Waals surface area (Å²) in [4.78, 5) is 74.4. The number of carbonyl (C=O) groups excluding carboxylic acids is 1. The molecule has 4 atom stereocenters. The Morgan fingerprint density at radius 1 is 0.539 bits per heavy atom. The van der Waals surface area contributed by atoms with Crippen LogP contribution in [0.5, 0.6) is 11.5 Å². The van der Waals surface area contributed by atoms with Gasteiger partial charge in [0.15, 0.2) is 0 Å². The van der Waals surface area contributed by atoms with Crippen LogP contribution in [-0.4, -0.2) is 164 Å². The third kappa shape index (κ3) is 19.2. The van der Waals surface area contributed by atoms with Crippen LogP contribution in [0.1, 0.15) is 187 Å². The summed E-state index contributed by atoms with van der Waals surface area (Å²) < 4.78 is 106. The Morgan fingerprint density at radius 2 is 0.939 bits per heavy atom. The van der Waals surface area contributed by atoms with Crippen LogP contribution in [0.2, 0.25) is 0 Å². The van der Waals surface area contributed by atoms with Gasteiger partial charge in [0, 0.05) is 155 Å². The number of nitrogens with zero attached hydrogens (tertiary/aromatic N) is 7. The van der Waals surface area contributed by atoms with Gasteiger partial charge < -0.3 is 34.8 Å². The van der Waals surface area contributed by atoms with E-state index in [1.165, 1.54) is 52.0 Å². The summed E-state index contributed by atoms with van der Waals surface area (Å²) in [5, 5.41) is 12.5. The fourth-order valence-electron chi connectivity index (χ4n) is 18.9. The Labute approximate surface area is 670 Å². The van der Waals surface area contributed by atoms with Gasteiger partial charge in [-0.15, -0.1) is 0 Å². The van der Waals surface area contributed by atoms with Gasteiger partial charge in [-0.2, -0.15) is 0 Å². The van der Waals surface area contributed by atoms with Crippen molar-refractivity contribution in [2.24, 2.45) is 23.7 Å². The number of aryl methyl sites for hydroxylation is 2. The third-order valence-electron chi connectivity index (χ3n) is 24.9. The molecular formula is C92H110F6N10O7. The molecule has 4 aliphatic carbocycles. The molecule has 4 N–H and O–H groups in total. The third-order valence-corrected chi connectivity index (χ3v) is 24.9. The number of ether oxygens (including phenoxy) is 2. The predicted octanol–water partition coefficient (Wildman–Crippen LogP) is 16.2. The zero-order chi connectivity index (χ0) is 81.1. The molecule has 115 heavy (non-hydrogen) atoms. The molecule has 1 amide bonds. The highest BCUT2D eigenvalue weighted by Gasteiger charge is 2.46. The normalized spacial score (nSPS) is 22.9. The number of aromatic nitrogens is 4. The summed E-state index contributed by atoms with van der Waals surface area (Å²) in [5.41, 5.74) is 12.3. The summed E-state index contributed by atoms with van der Waals surface area (Å²) in [6, 6.07) is 27.4. The molecular weight excluding hydrogens is 1470 g/mol. The Morgan fingerprint density at radius 3 is 1.34 bits per heavy atom. The minimum atomic E-state index is -1.55. The number of H-pyrrole nitrogens is 2. The van der Waals surface area contributed by atoms with Crippen LogP contribution in [-0.2, 0) is 48.4 Å². The van der Waals surface area contributed by atoms with Crippen molar-refractivity contribution in [1.29, 1.82) is 0 Å². The lowest BCUT2D eigenvalue weighted by molar-refractivity contribution is -0.143. The van der Waals surface area contributed by atoms with E-state index in [1.54, 1.807) is 0 Å².